The molecule has 1 fully saturated rings. The number of aromatic nitrogens is 3. The molecule has 0 atom stereocenters. The first-order valence-electron chi connectivity index (χ1n) is 9.39. The third-order valence-electron chi connectivity index (χ3n) is 4.88. The molecule has 1 saturated heterocycles. The van der Waals surface area contributed by atoms with Crippen molar-refractivity contribution in [2.75, 3.05) is 18.0 Å². The number of pyridine rings is 1. The predicted molar refractivity (Wildman–Crippen MR) is 105 cm³/mol. The lowest BCUT2D eigenvalue weighted by atomic mass is 10.0. The molecule has 160 valence electrons. The fraction of sp³-hybridized carbons (Fsp3) is 0.238. The summed E-state index contributed by atoms with van der Waals surface area (Å²) < 4.78 is 53.4. The molecule has 1 aromatic carbocycles. The molecular formula is C21H17F4N5O. The normalized spacial score (nSPS) is 14.3. The molecule has 0 unspecified atom stereocenters. The summed E-state index contributed by atoms with van der Waals surface area (Å²) in [5, 5.41) is 2.81. The molecule has 3 aromatic rings. The number of rotatable bonds is 4. The number of amides is 1. The van der Waals surface area contributed by atoms with Crippen LogP contribution in [-0.4, -0.2) is 40.0 Å². The second kappa shape index (κ2) is 7.93. The summed E-state index contributed by atoms with van der Waals surface area (Å²) in [7, 11) is 0. The van der Waals surface area contributed by atoms with Crippen molar-refractivity contribution >= 4 is 11.7 Å². The summed E-state index contributed by atoms with van der Waals surface area (Å²) in [6.45, 7) is 2.52. The van der Waals surface area contributed by atoms with Gasteiger partial charge in [-0.25, -0.2) is 14.4 Å². The molecule has 2 aromatic heterocycles. The zero-order valence-electron chi connectivity index (χ0n) is 16.3. The fourth-order valence-corrected chi connectivity index (χ4v) is 3.37. The van der Waals surface area contributed by atoms with Gasteiger partial charge in [0.15, 0.2) is 0 Å². The Kier molecular flexibility index (Phi) is 5.30. The third kappa shape index (κ3) is 4.32. The van der Waals surface area contributed by atoms with E-state index in [0.29, 0.717) is 36.2 Å². The summed E-state index contributed by atoms with van der Waals surface area (Å²) in [5.41, 5.74) is -0.119. The van der Waals surface area contributed by atoms with Gasteiger partial charge in [0.05, 0.1) is 29.2 Å². The van der Waals surface area contributed by atoms with E-state index in [1.54, 1.807) is 12.1 Å². The number of carbonyl (C=O) groups is 1. The summed E-state index contributed by atoms with van der Waals surface area (Å²) in [6.07, 6.45) is -0.133. The van der Waals surface area contributed by atoms with Crippen LogP contribution in [0.2, 0.25) is 0 Å². The highest BCUT2D eigenvalue weighted by molar-refractivity contribution is 5.79. The lowest BCUT2D eigenvalue weighted by molar-refractivity contribution is -0.137. The minimum absolute atomic E-state index is 0.00397. The molecule has 6 nitrogen and oxygen atoms in total. The van der Waals surface area contributed by atoms with Gasteiger partial charge in [0.25, 0.3) is 0 Å². The molecule has 1 aliphatic heterocycles. The van der Waals surface area contributed by atoms with Crippen molar-refractivity contribution in [2.24, 2.45) is 0 Å². The minimum atomic E-state index is -4.65. The van der Waals surface area contributed by atoms with Crippen LogP contribution in [0.15, 0.2) is 48.9 Å². The van der Waals surface area contributed by atoms with E-state index in [-0.39, 0.29) is 23.2 Å². The summed E-state index contributed by atoms with van der Waals surface area (Å²) in [5.74, 6) is -0.646. The maximum Gasteiger partial charge on any atom is 0.416 e. The smallest absolute Gasteiger partial charge is 0.351 e. The van der Waals surface area contributed by atoms with Crippen LogP contribution in [0.3, 0.4) is 0 Å². The Labute approximate surface area is 175 Å². The Morgan fingerprint density at radius 3 is 2.45 bits per heavy atom. The van der Waals surface area contributed by atoms with E-state index < -0.39 is 17.6 Å². The number of alkyl halides is 3. The van der Waals surface area contributed by atoms with Crippen LogP contribution in [0.5, 0.6) is 0 Å². The van der Waals surface area contributed by atoms with Crippen LogP contribution < -0.4 is 10.2 Å². The minimum Gasteiger partial charge on any atom is -0.351 e. The van der Waals surface area contributed by atoms with Gasteiger partial charge in [-0.05, 0) is 30.3 Å². The lowest BCUT2D eigenvalue weighted by Gasteiger charge is -2.40. The topological polar surface area (TPSA) is 71.0 Å². The third-order valence-corrected chi connectivity index (χ3v) is 4.88. The highest BCUT2D eigenvalue weighted by Gasteiger charge is 2.32. The van der Waals surface area contributed by atoms with E-state index >= 15 is 0 Å². The van der Waals surface area contributed by atoms with Gasteiger partial charge < -0.3 is 10.2 Å². The molecule has 31 heavy (non-hydrogen) atoms. The Balaban J connectivity index is 1.73. The van der Waals surface area contributed by atoms with Crippen LogP contribution >= 0.6 is 0 Å². The van der Waals surface area contributed by atoms with E-state index in [1.807, 2.05) is 4.90 Å². The summed E-state index contributed by atoms with van der Waals surface area (Å²) >= 11 is 0. The van der Waals surface area contributed by atoms with Crippen LogP contribution in [0.25, 0.3) is 22.5 Å². The second-order valence-electron chi connectivity index (χ2n) is 7.16. The number of nitrogens with zero attached hydrogens (tertiary/aromatic N) is 4. The lowest BCUT2D eigenvalue weighted by Crippen LogP contribution is -2.59. The second-order valence-corrected chi connectivity index (χ2v) is 7.16. The molecule has 10 heteroatoms. The van der Waals surface area contributed by atoms with Crippen molar-refractivity contribution in [3.8, 4) is 22.5 Å². The molecule has 4 rings (SSSR count). The van der Waals surface area contributed by atoms with Crippen LogP contribution in [0, 0.1) is 5.82 Å². The maximum absolute atomic E-state index is 14.6. The first-order valence-corrected chi connectivity index (χ1v) is 9.39. The zero-order chi connectivity index (χ0) is 22.2. The largest absolute Gasteiger partial charge is 0.416 e. The quantitative estimate of drug-likeness (QED) is 0.638. The molecule has 0 bridgehead atoms. The van der Waals surface area contributed by atoms with Crippen molar-refractivity contribution in [1.82, 2.24) is 20.3 Å². The number of halogens is 4. The van der Waals surface area contributed by atoms with E-state index in [2.05, 4.69) is 20.3 Å². The van der Waals surface area contributed by atoms with Gasteiger partial charge in [0, 0.05) is 43.5 Å². The van der Waals surface area contributed by atoms with E-state index in [0.717, 1.165) is 12.1 Å². The van der Waals surface area contributed by atoms with Crippen LogP contribution in [-0.2, 0) is 11.0 Å². The van der Waals surface area contributed by atoms with Crippen molar-refractivity contribution in [2.45, 2.75) is 19.1 Å². The van der Waals surface area contributed by atoms with Gasteiger partial charge >= 0.3 is 6.18 Å². The van der Waals surface area contributed by atoms with E-state index in [1.165, 1.54) is 25.5 Å². The molecule has 0 spiro atoms. The Morgan fingerprint density at radius 2 is 1.84 bits per heavy atom. The first-order chi connectivity index (χ1) is 14.7. The Hall–Kier alpha value is -3.56. The SMILES string of the molecule is CC(=O)NC1CN(c2cnc(-c3ccc(C(F)(F)F)cc3F)c(-c3ccncc3)n2)C1. The van der Waals surface area contributed by atoms with E-state index in [4.69, 9.17) is 0 Å². The highest BCUT2D eigenvalue weighted by Crippen LogP contribution is 2.36. The number of nitrogens with one attached hydrogen (secondary N) is 1. The number of carbonyl (C=O) groups excluding carboxylic acids is 1. The fourth-order valence-electron chi connectivity index (χ4n) is 3.37. The highest BCUT2D eigenvalue weighted by atomic mass is 19.4. The Morgan fingerprint density at radius 1 is 1.13 bits per heavy atom. The summed E-state index contributed by atoms with van der Waals surface area (Å²) in [4.78, 5) is 26.0. The molecule has 1 N–H and O–H groups in total. The average Bonchev–Trinajstić information content (AvgIpc) is 2.70. The van der Waals surface area contributed by atoms with Gasteiger partial charge in [-0.2, -0.15) is 13.2 Å². The molecule has 3 heterocycles. The Bertz CT molecular complexity index is 1110. The zero-order valence-corrected chi connectivity index (χ0v) is 16.3. The standard InChI is InChI=1S/C21H17F4N5O/c1-12(31)28-15-10-30(11-15)18-9-27-20(19(29-18)13-4-6-26-7-5-13)16-3-2-14(8-17(16)22)21(23,24)25/h2-9,15H,10-11H2,1H3,(H,28,31). The molecule has 0 aliphatic carbocycles. The van der Waals surface area contributed by atoms with Crippen molar-refractivity contribution in [3.05, 3.63) is 60.3 Å². The van der Waals surface area contributed by atoms with Gasteiger partial charge in [0.1, 0.15) is 11.6 Å². The molecule has 0 radical (unpaired) electrons. The number of anilines is 1. The molecular weight excluding hydrogens is 414 g/mol. The van der Waals surface area contributed by atoms with Crippen LogP contribution in [0.4, 0.5) is 23.4 Å². The molecule has 1 amide bonds. The number of hydrogen-bond acceptors (Lipinski definition) is 5. The predicted octanol–water partition coefficient (Wildman–Crippen LogP) is 3.69. The molecule has 0 saturated carbocycles. The van der Waals surface area contributed by atoms with Crippen molar-refractivity contribution in [1.29, 1.82) is 0 Å². The van der Waals surface area contributed by atoms with Gasteiger partial charge in [-0.1, -0.05) is 0 Å². The first kappa shape index (κ1) is 20.7. The van der Waals surface area contributed by atoms with Gasteiger partial charge in [-0.15, -0.1) is 0 Å². The van der Waals surface area contributed by atoms with Gasteiger partial charge in [0.2, 0.25) is 5.91 Å². The van der Waals surface area contributed by atoms with Gasteiger partial charge in [-0.3, -0.25) is 9.78 Å². The average molecular weight is 431 g/mol. The maximum atomic E-state index is 14.6. The van der Waals surface area contributed by atoms with Crippen LogP contribution in [0.1, 0.15) is 12.5 Å². The number of hydrogen-bond donors (Lipinski definition) is 1. The number of benzene rings is 1. The van der Waals surface area contributed by atoms with Crippen molar-refractivity contribution < 1.29 is 22.4 Å². The monoisotopic (exact) mass is 431 g/mol. The summed E-state index contributed by atoms with van der Waals surface area (Å²) in [6, 6.07) is 5.65. The van der Waals surface area contributed by atoms with Crippen molar-refractivity contribution in [3.63, 3.8) is 0 Å². The van der Waals surface area contributed by atoms with E-state index in [9.17, 15) is 22.4 Å². The molecule has 1 aliphatic rings.